The highest BCUT2D eigenvalue weighted by Crippen LogP contribution is 2.25. The van der Waals surface area contributed by atoms with Crippen molar-refractivity contribution in [3.05, 3.63) is 33.8 Å². The minimum atomic E-state index is 0.531. The first kappa shape index (κ1) is 11.7. The molecule has 0 saturated heterocycles. The molecular formula is C12H16N2S2. The van der Waals surface area contributed by atoms with Crippen molar-refractivity contribution in [3.63, 3.8) is 0 Å². The topological polar surface area (TPSA) is 25.8 Å². The van der Waals surface area contributed by atoms with E-state index in [-0.39, 0.29) is 0 Å². The van der Waals surface area contributed by atoms with Crippen LogP contribution in [0.5, 0.6) is 0 Å². The maximum Gasteiger partial charge on any atom is 0.0570 e. The van der Waals surface area contributed by atoms with E-state index in [0.717, 1.165) is 6.42 Å². The van der Waals surface area contributed by atoms with E-state index >= 15 is 0 Å². The molecule has 86 valence electrons. The van der Waals surface area contributed by atoms with E-state index in [4.69, 9.17) is 0 Å². The second-order valence-corrected chi connectivity index (χ2v) is 5.98. The Labute approximate surface area is 105 Å². The maximum absolute atomic E-state index is 4.48. The minimum absolute atomic E-state index is 0.531. The van der Waals surface area contributed by atoms with Crippen molar-refractivity contribution in [1.29, 1.82) is 0 Å². The summed E-state index contributed by atoms with van der Waals surface area (Å²) in [6.45, 7) is 6.62. The molecule has 2 heterocycles. The number of rotatable bonds is 4. The van der Waals surface area contributed by atoms with Gasteiger partial charge in [-0.05, 0) is 53.0 Å². The molecule has 2 aromatic rings. The molecule has 0 radical (unpaired) electrons. The molecule has 0 spiro atoms. The quantitative estimate of drug-likeness (QED) is 0.819. The smallest absolute Gasteiger partial charge is 0.0570 e. The van der Waals surface area contributed by atoms with Gasteiger partial charge in [0.05, 0.1) is 5.69 Å². The largest absolute Gasteiger partial charge is 0.201 e. The first-order valence-corrected chi connectivity index (χ1v) is 7.12. The van der Waals surface area contributed by atoms with Gasteiger partial charge in [-0.1, -0.05) is 20.8 Å². The number of nitrogens with zero attached hydrogens (tertiary/aromatic N) is 2. The second kappa shape index (κ2) is 5.06. The van der Waals surface area contributed by atoms with Crippen molar-refractivity contribution in [2.24, 2.45) is 0 Å². The molecule has 0 aliphatic carbocycles. The zero-order valence-electron chi connectivity index (χ0n) is 9.80. The average Bonchev–Trinajstić information content (AvgIpc) is 2.87. The Hall–Kier alpha value is -0.740. The van der Waals surface area contributed by atoms with Crippen molar-refractivity contribution < 1.29 is 0 Å². The Kier molecular flexibility index (Phi) is 3.71. The van der Waals surface area contributed by atoms with Gasteiger partial charge in [-0.2, -0.15) is 4.37 Å². The molecule has 2 nitrogen and oxygen atoms in total. The maximum atomic E-state index is 4.48. The van der Waals surface area contributed by atoms with Crippen molar-refractivity contribution in [3.8, 4) is 0 Å². The van der Waals surface area contributed by atoms with Gasteiger partial charge in [0, 0.05) is 16.5 Å². The molecule has 1 atom stereocenters. The molecule has 16 heavy (non-hydrogen) atoms. The van der Waals surface area contributed by atoms with Crippen molar-refractivity contribution in [1.82, 2.24) is 8.75 Å². The summed E-state index contributed by atoms with van der Waals surface area (Å²) in [5.74, 6) is 1.07. The second-order valence-electron chi connectivity index (χ2n) is 4.44. The Bertz CT molecular complexity index is 432. The first-order chi connectivity index (χ1) is 7.66. The van der Waals surface area contributed by atoms with Gasteiger partial charge in [-0.25, -0.2) is 4.37 Å². The molecule has 0 bridgehead atoms. The summed E-state index contributed by atoms with van der Waals surface area (Å²) < 4.78 is 8.63. The van der Waals surface area contributed by atoms with Crippen LogP contribution in [0.4, 0.5) is 0 Å². The molecule has 2 aromatic heterocycles. The lowest BCUT2D eigenvalue weighted by Crippen LogP contribution is -1.94. The highest BCUT2D eigenvalue weighted by atomic mass is 32.1. The Morgan fingerprint density at radius 3 is 2.69 bits per heavy atom. The molecule has 0 fully saturated rings. The van der Waals surface area contributed by atoms with Gasteiger partial charge >= 0.3 is 0 Å². The zero-order chi connectivity index (χ0) is 11.5. The van der Waals surface area contributed by atoms with Crippen LogP contribution in [-0.4, -0.2) is 8.75 Å². The van der Waals surface area contributed by atoms with Crippen LogP contribution in [0.25, 0.3) is 0 Å². The fourth-order valence-electron chi connectivity index (χ4n) is 1.57. The normalized spacial score (nSPS) is 13.2. The van der Waals surface area contributed by atoms with Gasteiger partial charge in [0.15, 0.2) is 0 Å². The van der Waals surface area contributed by atoms with Crippen LogP contribution in [0.2, 0.25) is 0 Å². The highest BCUT2D eigenvalue weighted by Gasteiger charge is 2.11. The van der Waals surface area contributed by atoms with Gasteiger partial charge in [-0.3, -0.25) is 0 Å². The monoisotopic (exact) mass is 252 g/mol. The molecule has 0 N–H and O–H groups in total. The van der Waals surface area contributed by atoms with Crippen LogP contribution in [0, 0.1) is 0 Å². The van der Waals surface area contributed by atoms with E-state index in [1.54, 1.807) is 11.5 Å². The lowest BCUT2D eigenvalue weighted by atomic mass is 10.00. The van der Waals surface area contributed by atoms with Crippen LogP contribution in [-0.2, 0) is 6.42 Å². The average molecular weight is 252 g/mol. The third kappa shape index (κ3) is 2.68. The van der Waals surface area contributed by atoms with Crippen molar-refractivity contribution in [2.45, 2.75) is 39.0 Å². The van der Waals surface area contributed by atoms with Crippen LogP contribution < -0.4 is 0 Å². The zero-order valence-corrected chi connectivity index (χ0v) is 11.4. The summed E-state index contributed by atoms with van der Waals surface area (Å²) in [4.78, 5) is 1.38. The standard InChI is InChI=1S/C12H16N2S2/c1-8(2)12-5-11(16-14-12)4-9(3)10-6-13-15-7-10/h5-9H,4H2,1-3H3. The van der Waals surface area contributed by atoms with Gasteiger partial charge in [0.1, 0.15) is 0 Å². The van der Waals surface area contributed by atoms with Gasteiger partial charge in [-0.15, -0.1) is 0 Å². The number of aromatic nitrogens is 2. The molecule has 1 unspecified atom stereocenters. The van der Waals surface area contributed by atoms with E-state index in [2.05, 4.69) is 41.0 Å². The number of hydrogen-bond donors (Lipinski definition) is 0. The summed E-state index contributed by atoms with van der Waals surface area (Å²) in [5.41, 5.74) is 2.56. The van der Waals surface area contributed by atoms with Crippen LogP contribution >= 0.6 is 23.1 Å². The molecule has 0 aliphatic heterocycles. The predicted molar refractivity (Wildman–Crippen MR) is 70.4 cm³/mol. The van der Waals surface area contributed by atoms with Crippen LogP contribution in [0.3, 0.4) is 0 Å². The van der Waals surface area contributed by atoms with Crippen molar-refractivity contribution in [2.75, 3.05) is 0 Å². The van der Waals surface area contributed by atoms with E-state index in [0.29, 0.717) is 11.8 Å². The summed E-state index contributed by atoms with van der Waals surface area (Å²) in [7, 11) is 0. The Morgan fingerprint density at radius 2 is 2.12 bits per heavy atom. The molecular weight excluding hydrogens is 236 g/mol. The van der Waals surface area contributed by atoms with Gasteiger partial charge in [0.25, 0.3) is 0 Å². The van der Waals surface area contributed by atoms with Crippen LogP contribution in [0.1, 0.15) is 48.7 Å². The van der Waals surface area contributed by atoms with E-state index in [9.17, 15) is 0 Å². The van der Waals surface area contributed by atoms with E-state index in [1.165, 1.54) is 27.7 Å². The molecule has 0 saturated carbocycles. The molecule has 4 heteroatoms. The highest BCUT2D eigenvalue weighted by molar-refractivity contribution is 7.05. The molecule has 0 aromatic carbocycles. The summed E-state index contributed by atoms with van der Waals surface area (Å²) in [6.07, 6.45) is 3.04. The third-order valence-electron chi connectivity index (χ3n) is 2.70. The molecule has 0 aliphatic rings. The minimum Gasteiger partial charge on any atom is -0.201 e. The molecule has 2 rings (SSSR count). The predicted octanol–water partition coefficient (Wildman–Crippen LogP) is 4.07. The first-order valence-electron chi connectivity index (χ1n) is 5.51. The summed E-state index contributed by atoms with van der Waals surface area (Å²) >= 11 is 3.16. The van der Waals surface area contributed by atoms with E-state index < -0.39 is 0 Å². The van der Waals surface area contributed by atoms with Gasteiger partial charge in [0.2, 0.25) is 0 Å². The lowest BCUT2D eigenvalue weighted by Gasteiger charge is -2.05. The number of hydrogen-bond acceptors (Lipinski definition) is 4. The fraction of sp³-hybridized carbons (Fsp3) is 0.500. The third-order valence-corrected chi connectivity index (χ3v) is 4.12. The lowest BCUT2D eigenvalue weighted by molar-refractivity contribution is 0.767. The van der Waals surface area contributed by atoms with Crippen LogP contribution in [0.15, 0.2) is 17.6 Å². The van der Waals surface area contributed by atoms with Gasteiger partial charge < -0.3 is 0 Å². The Balaban J connectivity index is 2.03. The molecule has 0 amide bonds. The summed E-state index contributed by atoms with van der Waals surface area (Å²) in [5, 5.41) is 2.13. The SMILES string of the molecule is CC(C)c1cc(CC(C)c2cnsc2)sn1. The summed E-state index contributed by atoms with van der Waals surface area (Å²) in [6, 6.07) is 2.24. The Morgan fingerprint density at radius 1 is 1.31 bits per heavy atom. The van der Waals surface area contributed by atoms with Crippen molar-refractivity contribution >= 4 is 23.1 Å². The van der Waals surface area contributed by atoms with E-state index in [1.807, 2.05) is 6.20 Å². The fourth-order valence-corrected chi connectivity index (χ4v) is 3.22.